The third kappa shape index (κ3) is 10.0. The van der Waals surface area contributed by atoms with Crippen molar-refractivity contribution in [1.82, 2.24) is 48.9 Å². The number of imidazole rings is 2. The fourth-order valence-corrected chi connectivity index (χ4v) is 7.35. The van der Waals surface area contributed by atoms with Crippen LogP contribution in [0.25, 0.3) is 22.1 Å². The second-order valence-corrected chi connectivity index (χ2v) is 15.5. The van der Waals surface area contributed by atoms with Crippen molar-refractivity contribution >= 4 is 75.3 Å². The zero-order chi connectivity index (χ0) is 48.1. The van der Waals surface area contributed by atoms with E-state index in [0.717, 1.165) is 22.7 Å². The lowest BCUT2D eigenvalue weighted by Crippen LogP contribution is -2.36. The Labute approximate surface area is 381 Å². The first kappa shape index (κ1) is 46.4. The largest absolute Gasteiger partial charge is 0.494 e. The maximum atomic E-state index is 13.6. The molecule has 0 saturated heterocycles. The van der Waals surface area contributed by atoms with E-state index >= 15 is 0 Å². The zero-order valence-electron chi connectivity index (χ0n) is 37.3. The summed E-state index contributed by atoms with van der Waals surface area (Å²) in [6.45, 7) is 4.12. The summed E-state index contributed by atoms with van der Waals surface area (Å²) in [7, 11) is 4.69. The Morgan fingerprint density at radius 2 is 1.42 bits per heavy atom. The predicted molar refractivity (Wildman–Crippen MR) is 242 cm³/mol. The van der Waals surface area contributed by atoms with Crippen LogP contribution in [0.2, 0.25) is 0 Å². The van der Waals surface area contributed by atoms with Crippen molar-refractivity contribution in [3.05, 3.63) is 94.6 Å². The fraction of sp³-hybridized carbons (Fsp3) is 0.295. The van der Waals surface area contributed by atoms with E-state index in [1.807, 2.05) is 6.92 Å². The van der Waals surface area contributed by atoms with E-state index in [1.165, 1.54) is 41.0 Å². The number of ether oxygens (including phenoxy) is 2. The Morgan fingerprint density at radius 1 is 0.836 bits per heavy atom. The van der Waals surface area contributed by atoms with Gasteiger partial charge < -0.3 is 35.0 Å². The molecule has 1 aliphatic rings. The normalized spacial score (nSPS) is 12.5. The van der Waals surface area contributed by atoms with Crippen LogP contribution < -0.4 is 31.6 Å². The standard InChI is InChI=1S/C44H48N14O9/c1-6-27-23-31(55(4)53-27)42(65)50-44-47-28-19-25(39(45)62)21-32(66-5)37(28)57(44)14-7-8-15-58-38-29(48-43(58)49-41(64)30-18-24(2)51-52-30)20-26(40(46)63)22-33(38)67-17-9-13-54(3)34(59)12-16-56-35(60)10-11-36(56)61/h7-8,10-11,18-23H,6,9,12-17H2,1-5H3,(H2,45,62)(H2,46,63)(H,51,52)(H,47,50,65)(H,48,49,64)/b8-7+. The number of anilines is 2. The van der Waals surface area contributed by atoms with Crippen molar-refractivity contribution in [3.63, 3.8) is 0 Å². The molecule has 23 heteroatoms. The van der Waals surface area contributed by atoms with Gasteiger partial charge in [0, 0.05) is 75.7 Å². The third-order valence-corrected chi connectivity index (χ3v) is 10.8. The number of aromatic amines is 1. The number of hydrogen-bond donors (Lipinski definition) is 5. The number of nitrogens with zero attached hydrogens (tertiary/aromatic N) is 9. The number of aryl methyl sites for hydroxylation is 3. The molecule has 23 nitrogen and oxygen atoms in total. The monoisotopic (exact) mass is 916 g/mol. The fourth-order valence-electron chi connectivity index (χ4n) is 7.35. The number of carbonyl (C=O) groups is 7. The molecule has 0 atom stereocenters. The van der Waals surface area contributed by atoms with E-state index in [2.05, 4.69) is 35.9 Å². The summed E-state index contributed by atoms with van der Waals surface area (Å²) in [5.41, 5.74) is 14.8. The second kappa shape index (κ2) is 19.6. The van der Waals surface area contributed by atoms with Crippen molar-refractivity contribution < 1.29 is 43.0 Å². The average Bonchev–Trinajstić information content (AvgIpc) is 4.13. The molecule has 0 fully saturated rings. The molecule has 0 saturated carbocycles. The number of fused-ring (bicyclic) bond motifs is 2. The van der Waals surface area contributed by atoms with Gasteiger partial charge in [-0.25, -0.2) is 9.97 Å². The van der Waals surface area contributed by atoms with Gasteiger partial charge >= 0.3 is 0 Å². The number of carbonyl (C=O) groups excluding carboxylic acids is 7. The van der Waals surface area contributed by atoms with Crippen molar-refractivity contribution in [2.75, 3.05) is 44.5 Å². The van der Waals surface area contributed by atoms with E-state index in [9.17, 15) is 33.6 Å². The highest BCUT2D eigenvalue weighted by Crippen LogP contribution is 2.33. The van der Waals surface area contributed by atoms with Gasteiger partial charge in [0.1, 0.15) is 28.2 Å². The van der Waals surface area contributed by atoms with Crippen LogP contribution in [0.15, 0.2) is 60.7 Å². The molecule has 2 aromatic carbocycles. The summed E-state index contributed by atoms with van der Waals surface area (Å²) in [6, 6.07) is 9.17. The number of imide groups is 1. The molecule has 6 aromatic rings. The molecule has 4 aromatic heterocycles. The third-order valence-electron chi connectivity index (χ3n) is 10.8. The molecule has 1 aliphatic heterocycles. The van der Waals surface area contributed by atoms with Crippen LogP contribution in [0, 0.1) is 6.92 Å². The second-order valence-electron chi connectivity index (χ2n) is 15.5. The maximum Gasteiger partial charge on any atom is 0.278 e. The lowest BCUT2D eigenvalue weighted by Gasteiger charge is -2.19. The summed E-state index contributed by atoms with van der Waals surface area (Å²) < 4.78 is 16.8. The summed E-state index contributed by atoms with van der Waals surface area (Å²) in [6.07, 6.45) is 6.78. The molecule has 348 valence electrons. The minimum Gasteiger partial charge on any atom is -0.494 e. The number of methoxy groups -OCH3 is 1. The van der Waals surface area contributed by atoms with E-state index < -0.39 is 35.4 Å². The summed E-state index contributed by atoms with van der Waals surface area (Å²) in [4.78, 5) is 100. The van der Waals surface area contributed by atoms with Gasteiger partial charge in [0.2, 0.25) is 29.6 Å². The van der Waals surface area contributed by atoms with E-state index in [-0.39, 0.29) is 90.8 Å². The Bertz CT molecular complexity index is 3010. The van der Waals surface area contributed by atoms with Crippen molar-refractivity contribution in [2.24, 2.45) is 18.5 Å². The number of primary amides is 2. The molecule has 0 aliphatic carbocycles. The molecule has 0 spiro atoms. The Kier molecular flexibility index (Phi) is 13.6. The number of amides is 7. The molecule has 67 heavy (non-hydrogen) atoms. The first-order valence-corrected chi connectivity index (χ1v) is 21.0. The number of allylic oxidation sites excluding steroid dienone is 2. The average molecular weight is 917 g/mol. The predicted octanol–water partition coefficient (Wildman–Crippen LogP) is 2.22. The maximum absolute atomic E-state index is 13.6. The number of H-pyrrole nitrogens is 1. The minimum absolute atomic E-state index is 0.0478. The van der Waals surface area contributed by atoms with Gasteiger partial charge in [-0.1, -0.05) is 19.1 Å². The van der Waals surface area contributed by atoms with Crippen molar-refractivity contribution in [2.45, 2.75) is 46.2 Å². The number of aromatic nitrogens is 8. The van der Waals surface area contributed by atoms with E-state index in [4.69, 9.17) is 20.9 Å². The topological polar surface area (TPSA) is 303 Å². The van der Waals surface area contributed by atoms with Gasteiger partial charge in [-0.2, -0.15) is 10.2 Å². The number of rotatable bonds is 20. The van der Waals surface area contributed by atoms with Crippen LogP contribution in [0.4, 0.5) is 11.9 Å². The molecule has 5 heterocycles. The highest BCUT2D eigenvalue weighted by Gasteiger charge is 2.26. The number of nitrogens with two attached hydrogens (primary N) is 2. The van der Waals surface area contributed by atoms with Gasteiger partial charge in [0.15, 0.2) is 5.69 Å². The van der Waals surface area contributed by atoms with E-state index in [1.54, 1.807) is 54.4 Å². The van der Waals surface area contributed by atoms with Crippen LogP contribution in [-0.4, -0.2) is 124 Å². The number of hydrogen-bond acceptors (Lipinski definition) is 13. The summed E-state index contributed by atoms with van der Waals surface area (Å²) >= 11 is 0. The SMILES string of the molecule is CCc1cc(C(=O)Nc2nc3cc(C(N)=O)cc(OC)c3n2C/C=C/Cn2c(NC(=O)c3cc(C)[nH]n3)nc3cc(C(N)=O)cc(OCCCN(C)C(=O)CCN4C(=O)C=CC4=O)c32)n(C)n1. The van der Waals surface area contributed by atoms with Crippen molar-refractivity contribution in [1.29, 1.82) is 0 Å². The lowest BCUT2D eigenvalue weighted by molar-refractivity contribution is -0.138. The Balaban J connectivity index is 1.18. The molecule has 0 radical (unpaired) electrons. The molecular weight excluding hydrogens is 869 g/mol. The van der Waals surface area contributed by atoms with Crippen LogP contribution >= 0.6 is 0 Å². The molecule has 0 bridgehead atoms. The van der Waals surface area contributed by atoms with Crippen LogP contribution in [0.1, 0.15) is 72.8 Å². The van der Waals surface area contributed by atoms with Gasteiger partial charge in [-0.05, 0) is 56.2 Å². The first-order chi connectivity index (χ1) is 32.1. The molecule has 7 N–H and O–H groups in total. The highest BCUT2D eigenvalue weighted by molar-refractivity contribution is 6.13. The van der Waals surface area contributed by atoms with Crippen LogP contribution in [0.3, 0.4) is 0 Å². The first-order valence-electron chi connectivity index (χ1n) is 21.0. The van der Waals surface area contributed by atoms with Gasteiger partial charge in [0.25, 0.3) is 23.6 Å². The van der Waals surface area contributed by atoms with E-state index in [0.29, 0.717) is 40.8 Å². The molecule has 7 rings (SSSR count). The minimum atomic E-state index is -0.752. The van der Waals surface area contributed by atoms with Gasteiger partial charge in [-0.3, -0.25) is 58.9 Å². The quantitative estimate of drug-likeness (QED) is 0.0418. The summed E-state index contributed by atoms with van der Waals surface area (Å²) in [5, 5.41) is 16.9. The number of benzene rings is 2. The summed E-state index contributed by atoms with van der Waals surface area (Å²) in [5.74, 6) is -3.03. The lowest BCUT2D eigenvalue weighted by atomic mass is 10.1. The van der Waals surface area contributed by atoms with Gasteiger partial charge in [0.05, 0.1) is 30.4 Å². The van der Waals surface area contributed by atoms with Crippen LogP contribution in [0.5, 0.6) is 11.5 Å². The smallest absolute Gasteiger partial charge is 0.278 e. The molecule has 0 unspecified atom stereocenters. The molecular formula is C44H48N14O9. The van der Waals surface area contributed by atoms with Crippen molar-refractivity contribution in [3.8, 4) is 11.5 Å². The number of nitrogens with one attached hydrogen (secondary N) is 3. The Hall–Kier alpha value is -8.63. The Morgan fingerprint density at radius 3 is 1.96 bits per heavy atom. The molecule has 7 amide bonds. The highest BCUT2D eigenvalue weighted by atomic mass is 16.5. The van der Waals surface area contributed by atoms with Gasteiger partial charge in [-0.15, -0.1) is 0 Å². The zero-order valence-corrected chi connectivity index (χ0v) is 37.3. The van der Waals surface area contributed by atoms with Crippen LogP contribution in [-0.2, 0) is 40.9 Å².